The molecule has 0 atom stereocenters. The summed E-state index contributed by atoms with van der Waals surface area (Å²) in [6.07, 6.45) is 24.9. The van der Waals surface area contributed by atoms with E-state index in [2.05, 4.69) is 48.4 Å². The van der Waals surface area contributed by atoms with Crippen molar-refractivity contribution in [3.05, 3.63) is 35.4 Å². The molecule has 0 unspecified atom stereocenters. The first-order valence-corrected chi connectivity index (χ1v) is 12.4. The van der Waals surface area contributed by atoms with Crippen molar-refractivity contribution in [2.75, 3.05) is 0 Å². The van der Waals surface area contributed by atoms with Crippen molar-refractivity contribution in [3.8, 4) is 0 Å². The monoisotopic (exact) mass is 412 g/mol. The van der Waals surface area contributed by atoms with Gasteiger partial charge >= 0.3 is 0 Å². The quantitative estimate of drug-likeness (QED) is 0.220. The van der Waals surface area contributed by atoms with E-state index in [1.165, 1.54) is 101 Å². The summed E-state index contributed by atoms with van der Waals surface area (Å²) in [5.41, 5.74) is 10.4. The van der Waals surface area contributed by atoms with Gasteiger partial charge in [0.05, 0.1) is 12.2 Å². The Labute approximate surface area is 184 Å². The minimum absolute atomic E-state index is 0.379. The summed E-state index contributed by atoms with van der Waals surface area (Å²) >= 11 is 0. The van der Waals surface area contributed by atoms with Crippen molar-refractivity contribution in [1.82, 2.24) is 15.0 Å². The third-order valence-electron chi connectivity index (χ3n) is 6.18. The lowest BCUT2D eigenvalue weighted by Crippen LogP contribution is -2.08. The minimum Gasteiger partial charge on any atom is -0.312 e. The summed E-state index contributed by atoms with van der Waals surface area (Å²) in [6.45, 7) is 4.82. The number of benzene rings is 1. The lowest BCUT2D eigenvalue weighted by Gasteiger charge is -2.07. The van der Waals surface area contributed by atoms with E-state index in [0.717, 1.165) is 17.5 Å². The zero-order valence-corrected chi connectivity index (χ0v) is 19.5. The van der Waals surface area contributed by atoms with Gasteiger partial charge in [-0.1, -0.05) is 88.1 Å². The molecule has 0 radical (unpaired) electrons. The summed E-state index contributed by atoms with van der Waals surface area (Å²) < 4.78 is 1.76. The molecule has 0 saturated carbocycles. The van der Waals surface area contributed by atoms with Gasteiger partial charge in [0, 0.05) is 0 Å². The number of unbranched alkanes of at least 4 members (excludes halogenated alkanes) is 12. The summed E-state index contributed by atoms with van der Waals surface area (Å²) in [4.78, 5) is 0. The third kappa shape index (κ3) is 8.59. The van der Waals surface area contributed by atoms with Crippen LogP contribution in [0.3, 0.4) is 0 Å². The number of allylic oxidation sites excluding steroid dienone is 2. The second-order valence-electron chi connectivity index (χ2n) is 8.68. The lowest BCUT2D eigenvalue weighted by molar-refractivity contribution is 0.595. The highest BCUT2D eigenvalue weighted by Gasteiger charge is 2.09. The second-order valence-corrected chi connectivity index (χ2v) is 8.68. The van der Waals surface area contributed by atoms with E-state index >= 15 is 0 Å². The molecule has 0 spiro atoms. The molecule has 4 heteroatoms. The van der Waals surface area contributed by atoms with Crippen LogP contribution in [0.5, 0.6) is 0 Å². The Morgan fingerprint density at radius 3 is 2.07 bits per heavy atom. The van der Waals surface area contributed by atoms with Gasteiger partial charge in [0.2, 0.25) is 0 Å². The Morgan fingerprint density at radius 1 is 0.833 bits per heavy atom. The van der Waals surface area contributed by atoms with Crippen molar-refractivity contribution >= 4 is 11.0 Å². The van der Waals surface area contributed by atoms with Crippen LogP contribution in [0.15, 0.2) is 24.3 Å². The number of aromatic nitrogens is 3. The molecule has 2 aromatic rings. The van der Waals surface area contributed by atoms with Gasteiger partial charge in [-0.3, -0.25) is 0 Å². The smallest absolute Gasteiger partial charge is 0.116 e. The standard InChI is InChI=1S/C26H44N4/c1-3-4-5-6-7-8-9-10-11-12-13-14-15-16-17-18-19-24-20-21-25-26(23(24)2)28-29-30(25)22-27/h10-11,20-21H,3-9,12-19,22,27H2,1-2H3/b11-10-. The molecule has 0 aliphatic rings. The fraction of sp³-hybridized carbons (Fsp3) is 0.692. The third-order valence-corrected chi connectivity index (χ3v) is 6.18. The molecular formula is C26H44N4. The van der Waals surface area contributed by atoms with Crippen LogP contribution in [0.4, 0.5) is 0 Å². The number of hydrogen-bond acceptors (Lipinski definition) is 3. The summed E-state index contributed by atoms with van der Waals surface area (Å²) in [6, 6.07) is 4.34. The first-order chi connectivity index (χ1) is 14.8. The Morgan fingerprint density at radius 2 is 1.43 bits per heavy atom. The van der Waals surface area contributed by atoms with Crippen LogP contribution in [-0.4, -0.2) is 15.0 Å². The van der Waals surface area contributed by atoms with Gasteiger partial charge < -0.3 is 5.73 Å². The highest BCUT2D eigenvalue weighted by Crippen LogP contribution is 2.21. The molecule has 0 aliphatic carbocycles. The van der Waals surface area contributed by atoms with Gasteiger partial charge in [0.1, 0.15) is 5.52 Å². The van der Waals surface area contributed by atoms with Crippen LogP contribution in [-0.2, 0) is 13.1 Å². The van der Waals surface area contributed by atoms with Crippen LogP contribution in [0, 0.1) is 6.92 Å². The van der Waals surface area contributed by atoms with Crippen molar-refractivity contribution in [3.63, 3.8) is 0 Å². The number of aryl methyl sites for hydroxylation is 2. The van der Waals surface area contributed by atoms with E-state index in [1.54, 1.807) is 4.68 Å². The topological polar surface area (TPSA) is 56.7 Å². The number of rotatable bonds is 17. The molecule has 0 amide bonds. The fourth-order valence-corrected chi connectivity index (χ4v) is 4.18. The molecule has 168 valence electrons. The van der Waals surface area contributed by atoms with Crippen LogP contribution in [0.1, 0.15) is 108 Å². The second kappa shape index (κ2) is 15.2. The number of nitrogens with two attached hydrogens (primary N) is 1. The highest BCUT2D eigenvalue weighted by molar-refractivity contribution is 5.79. The largest absolute Gasteiger partial charge is 0.312 e. The Kier molecular flexibility index (Phi) is 12.4. The fourth-order valence-electron chi connectivity index (χ4n) is 4.18. The normalized spacial score (nSPS) is 11.8. The molecule has 0 fully saturated rings. The van der Waals surface area contributed by atoms with Gasteiger partial charge in [-0.15, -0.1) is 5.10 Å². The Bertz CT molecular complexity index is 732. The zero-order chi connectivity index (χ0) is 21.4. The molecule has 4 nitrogen and oxygen atoms in total. The van der Waals surface area contributed by atoms with Gasteiger partial charge in [0.15, 0.2) is 0 Å². The summed E-state index contributed by atoms with van der Waals surface area (Å²) in [5, 5.41) is 8.43. The predicted molar refractivity (Wildman–Crippen MR) is 130 cm³/mol. The molecule has 2 rings (SSSR count). The molecule has 1 heterocycles. The van der Waals surface area contributed by atoms with Crippen LogP contribution < -0.4 is 5.73 Å². The van der Waals surface area contributed by atoms with Crippen molar-refractivity contribution in [1.29, 1.82) is 0 Å². The predicted octanol–water partition coefficient (Wildman–Crippen LogP) is 7.24. The van der Waals surface area contributed by atoms with E-state index in [-0.39, 0.29) is 0 Å². The van der Waals surface area contributed by atoms with Gasteiger partial charge in [-0.2, -0.15) is 0 Å². The van der Waals surface area contributed by atoms with Crippen molar-refractivity contribution in [2.45, 2.75) is 117 Å². The van der Waals surface area contributed by atoms with Crippen LogP contribution >= 0.6 is 0 Å². The van der Waals surface area contributed by atoms with E-state index in [4.69, 9.17) is 5.73 Å². The number of fused-ring (bicyclic) bond motifs is 1. The highest BCUT2D eigenvalue weighted by atomic mass is 15.4. The first kappa shape index (κ1) is 24.6. The zero-order valence-electron chi connectivity index (χ0n) is 19.5. The van der Waals surface area contributed by atoms with E-state index in [9.17, 15) is 0 Å². The van der Waals surface area contributed by atoms with Crippen LogP contribution in [0.2, 0.25) is 0 Å². The van der Waals surface area contributed by atoms with Crippen LogP contribution in [0.25, 0.3) is 11.0 Å². The van der Waals surface area contributed by atoms with E-state index in [1.807, 2.05) is 0 Å². The van der Waals surface area contributed by atoms with Crippen molar-refractivity contribution < 1.29 is 0 Å². The molecule has 30 heavy (non-hydrogen) atoms. The molecule has 0 bridgehead atoms. The summed E-state index contributed by atoms with van der Waals surface area (Å²) in [7, 11) is 0. The maximum atomic E-state index is 5.71. The number of nitrogens with zero attached hydrogens (tertiary/aromatic N) is 3. The molecule has 1 aromatic carbocycles. The number of hydrogen-bond donors (Lipinski definition) is 1. The minimum atomic E-state index is 0.379. The van der Waals surface area contributed by atoms with Crippen molar-refractivity contribution in [2.24, 2.45) is 5.73 Å². The van der Waals surface area contributed by atoms with Gasteiger partial charge in [-0.25, -0.2) is 4.68 Å². The van der Waals surface area contributed by atoms with Gasteiger partial charge in [-0.05, 0) is 62.6 Å². The molecule has 0 aliphatic heterocycles. The molecule has 2 N–H and O–H groups in total. The van der Waals surface area contributed by atoms with Gasteiger partial charge in [0.25, 0.3) is 0 Å². The summed E-state index contributed by atoms with van der Waals surface area (Å²) in [5.74, 6) is 0. The van der Waals surface area contributed by atoms with E-state index < -0.39 is 0 Å². The molecule has 0 saturated heterocycles. The Hall–Kier alpha value is -1.68. The Balaban J connectivity index is 1.46. The molecule has 1 aromatic heterocycles. The SMILES string of the molecule is CCCCCCCC/C=C\CCCCCCCCc1ccc2c(nnn2CN)c1C. The average Bonchev–Trinajstić information content (AvgIpc) is 3.19. The van der Waals surface area contributed by atoms with E-state index in [0.29, 0.717) is 6.67 Å². The maximum Gasteiger partial charge on any atom is 0.116 e. The first-order valence-electron chi connectivity index (χ1n) is 12.4. The molecular weight excluding hydrogens is 368 g/mol. The lowest BCUT2D eigenvalue weighted by atomic mass is 10.00. The average molecular weight is 413 g/mol. The maximum absolute atomic E-state index is 5.71.